The van der Waals surface area contributed by atoms with Gasteiger partial charge in [-0.2, -0.15) is 0 Å². The minimum atomic E-state index is 0.186. The minimum Gasteiger partial charge on any atom is -0.494 e. The lowest BCUT2D eigenvalue weighted by Crippen LogP contribution is -2.48. The smallest absolute Gasteiger partial charge is 0.228 e. The van der Waals surface area contributed by atoms with Crippen LogP contribution >= 0.6 is 11.3 Å². The normalized spacial score (nSPS) is 15.4. The molecule has 0 spiro atoms. The highest BCUT2D eigenvalue weighted by Crippen LogP contribution is 2.15. The number of hydrogen-bond acceptors (Lipinski definition) is 5. The van der Waals surface area contributed by atoms with Gasteiger partial charge in [0, 0.05) is 38.1 Å². The number of hydrogen-bond donors (Lipinski definition) is 0. The molecule has 134 valence electrons. The molecule has 0 N–H and O–H groups in total. The highest BCUT2D eigenvalue weighted by Gasteiger charge is 2.21. The van der Waals surface area contributed by atoms with Crippen LogP contribution < -0.4 is 4.74 Å². The molecular formula is C19H25N3O2S. The van der Waals surface area contributed by atoms with E-state index in [9.17, 15) is 4.79 Å². The topological polar surface area (TPSA) is 45.7 Å². The summed E-state index contributed by atoms with van der Waals surface area (Å²) >= 11 is 1.60. The van der Waals surface area contributed by atoms with E-state index in [1.165, 1.54) is 5.56 Å². The Balaban J connectivity index is 1.45. The second-order valence-electron chi connectivity index (χ2n) is 6.27. The van der Waals surface area contributed by atoms with Crippen molar-refractivity contribution < 1.29 is 9.53 Å². The molecule has 25 heavy (non-hydrogen) atoms. The second-order valence-corrected chi connectivity index (χ2v) is 7.33. The van der Waals surface area contributed by atoms with Gasteiger partial charge in [-0.25, -0.2) is 4.98 Å². The van der Waals surface area contributed by atoms with Crippen molar-refractivity contribution >= 4 is 17.2 Å². The van der Waals surface area contributed by atoms with Crippen LogP contribution in [0.4, 0.5) is 0 Å². The fourth-order valence-electron chi connectivity index (χ4n) is 3.03. The number of nitrogens with zero attached hydrogens (tertiary/aromatic N) is 3. The fraction of sp³-hybridized carbons (Fsp3) is 0.474. The lowest BCUT2D eigenvalue weighted by molar-refractivity contribution is -0.132. The van der Waals surface area contributed by atoms with E-state index >= 15 is 0 Å². The van der Waals surface area contributed by atoms with Gasteiger partial charge in [0.2, 0.25) is 5.91 Å². The predicted octanol–water partition coefficient (Wildman–Crippen LogP) is 2.74. The summed E-state index contributed by atoms with van der Waals surface area (Å²) in [5, 5.41) is 3.00. The predicted molar refractivity (Wildman–Crippen MR) is 100 cm³/mol. The SMILES string of the molecule is CCOc1ccc(CN2CCN(C(=O)Cc3csc(C)n3)CC2)cc1. The summed E-state index contributed by atoms with van der Waals surface area (Å²) in [6, 6.07) is 8.28. The van der Waals surface area contributed by atoms with Crippen LogP contribution in [0.25, 0.3) is 0 Å². The van der Waals surface area contributed by atoms with E-state index in [2.05, 4.69) is 22.0 Å². The Hall–Kier alpha value is -1.92. The zero-order chi connectivity index (χ0) is 17.6. The van der Waals surface area contributed by atoms with Crippen LogP contribution in [0.5, 0.6) is 5.75 Å². The highest BCUT2D eigenvalue weighted by atomic mass is 32.1. The van der Waals surface area contributed by atoms with Crippen molar-refractivity contribution in [3.8, 4) is 5.75 Å². The zero-order valence-corrected chi connectivity index (χ0v) is 15.7. The summed E-state index contributed by atoms with van der Waals surface area (Å²) in [5.41, 5.74) is 2.17. The van der Waals surface area contributed by atoms with Crippen LogP contribution in [-0.4, -0.2) is 53.5 Å². The minimum absolute atomic E-state index is 0.186. The van der Waals surface area contributed by atoms with Gasteiger partial charge < -0.3 is 9.64 Å². The van der Waals surface area contributed by atoms with Crippen molar-refractivity contribution in [2.75, 3.05) is 32.8 Å². The molecule has 0 saturated carbocycles. The van der Waals surface area contributed by atoms with E-state index in [-0.39, 0.29) is 5.91 Å². The maximum Gasteiger partial charge on any atom is 0.228 e. The summed E-state index contributed by atoms with van der Waals surface area (Å²) < 4.78 is 5.48. The number of thiazole rings is 1. The maximum atomic E-state index is 12.4. The molecule has 0 radical (unpaired) electrons. The molecule has 3 rings (SSSR count). The number of amides is 1. The van der Waals surface area contributed by atoms with Crippen LogP contribution in [0.2, 0.25) is 0 Å². The molecule has 1 aromatic heterocycles. The summed E-state index contributed by atoms with van der Waals surface area (Å²) in [5.74, 6) is 1.10. The third-order valence-electron chi connectivity index (χ3n) is 4.36. The van der Waals surface area contributed by atoms with Crippen LogP contribution in [-0.2, 0) is 17.8 Å². The monoisotopic (exact) mass is 359 g/mol. The largest absolute Gasteiger partial charge is 0.494 e. The Bertz CT molecular complexity index is 691. The molecule has 1 saturated heterocycles. The first-order valence-electron chi connectivity index (χ1n) is 8.77. The van der Waals surface area contributed by atoms with E-state index < -0.39 is 0 Å². The number of benzene rings is 1. The van der Waals surface area contributed by atoms with E-state index in [4.69, 9.17) is 4.74 Å². The van der Waals surface area contributed by atoms with E-state index in [0.29, 0.717) is 13.0 Å². The third-order valence-corrected chi connectivity index (χ3v) is 5.19. The van der Waals surface area contributed by atoms with Gasteiger partial charge in [-0.3, -0.25) is 9.69 Å². The van der Waals surface area contributed by atoms with Gasteiger partial charge in [0.05, 0.1) is 23.7 Å². The summed E-state index contributed by atoms with van der Waals surface area (Å²) in [6.45, 7) is 8.97. The van der Waals surface area contributed by atoms with Gasteiger partial charge in [0.25, 0.3) is 0 Å². The molecule has 1 amide bonds. The molecule has 0 aliphatic carbocycles. The Morgan fingerprint density at radius 2 is 1.92 bits per heavy atom. The molecule has 2 aromatic rings. The van der Waals surface area contributed by atoms with Crippen molar-refractivity contribution in [1.82, 2.24) is 14.8 Å². The summed E-state index contributed by atoms with van der Waals surface area (Å²) in [6.07, 6.45) is 0.420. The Kier molecular flexibility index (Phi) is 6.04. The first-order valence-corrected chi connectivity index (χ1v) is 9.65. The first kappa shape index (κ1) is 17.9. The van der Waals surface area contributed by atoms with E-state index in [0.717, 1.165) is 49.2 Å². The lowest BCUT2D eigenvalue weighted by atomic mass is 10.2. The quantitative estimate of drug-likeness (QED) is 0.796. The number of aromatic nitrogens is 1. The molecular weight excluding hydrogens is 334 g/mol. The number of ether oxygens (including phenoxy) is 1. The fourth-order valence-corrected chi connectivity index (χ4v) is 3.64. The van der Waals surface area contributed by atoms with Crippen LogP contribution in [0.15, 0.2) is 29.6 Å². The summed E-state index contributed by atoms with van der Waals surface area (Å²) in [4.78, 5) is 21.1. The maximum absolute atomic E-state index is 12.4. The lowest BCUT2D eigenvalue weighted by Gasteiger charge is -2.34. The van der Waals surface area contributed by atoms with Crippen molar-refractivity contribution in [1.29, 1.82) is 0 Å². The molecule has 0 bridgehead atoms. The standard InChI is InChI=1S/C19H25N3O2S/c1-3-24-18-6-4-16(5-7-18)13-21-8-10-22(11-9-21)19(23)12-17-14-25-15(2)20-17/h4-7,14H,3,8-13H2,1-2H3. The van der Waals surface area contributed by atoms with Gasteiger partial charge in [-0.15, -0.1) is 11.3 Å². The summed E-state index contributed by atoms with van der Waals surface area (Å²) in [7, 11) is 0. The Morgan fingerprint density at radius 1 is 1.20 bits per heavy atom. The molecule has 5 nitrogen and oxygen atoms in total. The average Bonchev–Trinajstić information content (AvgIpc) is 3.02. The average molecular weight is 359 g/mol. The highest BCUT2D eigenvalue weighted by molar-refractivity contribution is 7.09. The molecule has 6 heteroatoms. The first-order chi connectivity index (χ1) is 12.1. The van der Waals surface area contributed by atoms with Crippen molar-refractivity contribution in [2.24, 2.45) is 0 Å². The van der Waals surface area contributed by atoms with Crippen molar-refractivity contribution in [3.05, 3.63) is 45.9 Å². The molecule has 0 atom stereocenters. The van der Waals surface area contributed by atoms with Gasteiger partial charge in [0.1, 0.15) is 5.75 Å². The molecule has 2 heterocycles. The number of piperazine rings is 1. The molecule has 1 fully saturated rings. The van der Waals surface area contributed by atoms with Gasteiger partial charge in [-0.05, 0) is 31.5 Å². The molecule has 1 aliphatic rings. The number of carbonyl (C=O) groups excluding carboxylic acids is 1. The Labute approximate surface area is 153 Å². The van der Waals surface area contributed by atoms with E-state index in [1.54, 1.807) is 11.3 Å². The number of carbonyl (C=O) groups is 1. The number of aryl methyl sites for hydroxylation is 1. The van der Waals surface area contributed by atoms with Gasteiger partial charge in [0.15, 0.2) is 0 Å². The zero-order valence-electron chi connectivity index (χ0n) is 14.9. The molecule has 0 unspecified atom stereocenters. The van der Waals surface area contributed by atoms with Crippen molar-refractivity contribution in [2.45, 2.75) is 26.8 Å². The van der Waals surface area contributed by atoms with Crippen molar-refractivity contribution in [3.63, 3.8) is 0 Å². The van der Waals surface area contributed by atoms with Crippen LogP contribution in [0.1, 0.15) is 23.2 Å². The third kappa shape index (κ3) is 5.03. The molecule has 1 aliphatic heterocycles. The van der Waals surface area contributed by atoms with E-state index in [1.807, 2.05) is 36.3 Å². The van der Waals surface area contributed by atoms with Gasteiger partial charge >= 0.3 is 0 Å². The van der Waals surface area contributed by atoms with Gasteiger partial charge in [-0.1, -0.05) is 12.1 Å². The van der Waals surface area contributed by atoms with Crippen LogP contribution in [0, 0.1) is 6.92 Å². The second kappa shape index (κ2) is 8.45. The molecule has 1 aromatic carbocycles. The number of rotatable bonds is 6. The van der Waals surface area contributed by atoms with Crippen LogP contribution in [0.3, 0.4) is 0 Å². The Morgan fingerprint density at radius 3 is 2.52 bits per heavy atom.